The van der Waals surface area contributed by atoms with E-state index in [0.29, 0.717) is 5.33 Å². The molecule has 0 aliphatic carbocycles. The van der Waals surface area contributed by atoms with E-state index in [0.717, 1.165) is 5.57 Å². The number of Topliss-reactive ketones (excluding diaryl/α,β-unsaturated/α-hetero) is 1. The first kappa shape index (κ1) is 9.63. The molecule has 56 valence electrons. The van der Waals surface area contributed by atoms with Gasteiger partial charge >= 0.3 is 0 Å². The van der Waals surface area contributed by atoms with E-state index in [9.17, 15) is 4.79 Å². The van der Waals surface area contributed by atoms with Crippen molar-refractivity contribution in [3.8, 4) is 0 Å². The first-order valence-electron chi connectivity index (χ1n) is 3.14. The second-order valence-electron chi connectivity index (χ2n) is 1.80. The van der Waals surface area contributed by atoms with Gasteiger partial charge in [-0.25, -0.2) is 0 Å². The highest BCUT2D eigenvalue weighted by Crippen LogP contribution is 2.00. The van der Waals surface area contributed by atoms with Crippen LogP contribution in [0.4, 0.5) is 0 Å². The molecular formula is C8H11BrO. The van der Waals surface area contributed by atoms with Crippen molar-refractivity contribution in [1.82, 2.24) is 0 Å². The Balaban J connectivity index is 4.23. The van der Waals surface area contributed by atoms with E-state index < -0.39 is 0 Å². The van der Waals surface area contributed by atoms with Crippen molar-refractivity contribution in [2.75, 3.05) is 5.33 Å². The predicted molar refractivity (Wildman–Crippen MR) is 47.4 cm³/mol. The number of alkyl halides is 1. The molecular weight excluding hydrogens is 192 g/mol. The van der Waals surface area contributed by atoms with Crippen molar-refractivity contribution >= 4 is 21.7 Å². The molecule has 0 saturated carbocycles. The maximum atomic E-state index is 11.0. The fourth-order valence-electron chi connectivity index (χ4n) is 0.607. The van der Waals surface area contributed by atoms with E-state index in [4.69, 9.17) is 0 Å². The van der Waals surface area contributed by atoms with Crippen LogP contribution >= 0.6 is 15.9 Å². The second kappa shape index (κ2) is 5.42. The van der Waals surface area contributed by atoms with Crippen LogP contribution in [0, 0.1) is 0 Å². The number of hydrogen-bond donors (Lipinski definition) is 0. The van der Waals surface area contributed by atoms with Gasteiger partial charge in [0.2, 0.25) is 0 Å². The zero-order valence-corrected chi connectivity index (χ0v) is 7.81. The lowest BCUT2D eigenvalue weighted by atomic mass is 10.2. The number of allylic oxidation sites excluding steroid dienone is 4. The molecule has 0 radical (unpaired) electrons. The SMILES string of the molecule is C/C=C\C(=C/C)C(=O)CBr. The predicted octanol–water partition coefficient (Wildman–Crippen LogP) is 2.47. The van der Waals surface area contributed by atoms with Gasteiger partial charge in [0.15, 0.2) is 5.78 Å². The monoisotopic (exact) mass is 202 g/mol. The summed E-state index contributed by atoms with van der Waals surface area (Å²) in [7, 11) is 0. The van der Waals surface area contributed by atoms with Crippen molar-refractivity contribution in [2.45, 2.75) is 13.8 Å². The maximum Gasteiger partial charge on any atom is 0.173 e. The van der Waals surface area contributed by atoms with Crippen molar-refractivity contribution in [3.63, 3.8) is 0 Å². The molecule has 0 heterocycles. The van der Waals surface area contributed by atoms with Crippen molar-refractivity contribution in [3.05, 3.63) is 23.8 Å². The summed E-state index contributed by atoms with van der Waals surface area (Å²) in [5.74, 6) is 0.126. The van der Waals surface area contributed by atoms with Crippen LogP contribution in [0.15, 0.2) is 23.8 Å². The Hall–Kier alpha value is -0.370. The minimum Gasteiger partial charge on any atom is -0.293 e. The van der Waals surface area contributed by atoms with Crippen LogP contribution in [0.1, 0.15) is 13.8 Å². The maximum absolute atomic E-state index is 11.0. The highest BCUT2D eigenvalue weighted by Gasteiger charge is 2.00. The standard InChI is InChI=1S/C8H11BrO/c1-3-5-7(4-2)8(10)6-9/h3-5H,6H2,1-2H3/b5-3-,7-4+. The van der Waals surface area contributed by atoms with Gasteiger partial charge < -0.3 is 0 Å². The molecule has 2 heteroatoms. The molecule has 0 bridgehead atoms. The van der Waals surface area contributed by atoms with Crippen LogP contribution in [0.2, 0.25) is 0 Å². The zero-order valence-electron chi connectivity index (χ0n) is 6.23. The summed E-state index contributed by atoms with van der Waals surface area (Å²) in [4.78, 5) is 11.0. The van der Waals surface area contributed by atoms with Crippen LogP contribution < -0.4 is 0 Å². The Morgan fingerprint density at radius 1 is 1.50 bits per heavy atom. The lowest BCUT2D eigenvalue weighted by Crippen LogP contribution is -2.00. The quantitative estimate of drug-likeness (QED) is 0.391. The normalized spacial score (nSPS) is 12.5. The van der Waals surface area contributed by atoms with Crippen LogP contribution in [-0.4, -0.2) is 11.1 Å². The van der Waals surface area contributed by atoms with E-state index >= 15 is 0 Å². The fourth-order valence-corrected chi connectivity index (χ4v) is 0.931. The molecule has 0 aromatic carbocycles. The first-order chi connectivity index (χ1) is 4.76. The zero-order chi connectivity index (χ0) is 7.98. The average Bonchev–Trinajstić information content (AvgIpc) is 1.99. The minimum atomic E-state index is 0.126. The Bertz CT molecular complexity index is 168. The molecule has 1 nitrogen and oxygen atoms in total. The van der Waals surface area contributed by atoms with Gasteiger partial charge in [0.1, 0.15) is 0 Å². The lowest BCUT2D eigenvalue weighted by molar-refractivity contribution is -0.112. The Kier molecular flexibility index (Phi) is 5.22. The van der Waals surface area contributed by atoms with Gasteiger partial charge in [-0.1, -0.05) is 34.2 Å². The minimum absolute atomic E-state index is 0.126. The molecule has 0 aliphatic heterocycles. The number of halogens is 1. The summed E-state index contributed by atoms with van der Waals surface area (Å²) in [5, 5.41) is 0.400. The van der Waals surface area contributed by atoms with Gasteiger partial charge in [-0.15, -0.1) is 0 Å². The molecule has 0 saturated heterocycles. The number of rotatable bonds is 3. The smallest absolute Gasteiger partial charge is 0.173 e. The van der Waals surface area contributed by atoms with Gasteiger partial charge in [-0.05, 0) is 13.8 Å². The van der Waals surface area contributed by atoms with E-state index in [-0.39, 0.29) is 5.78 Å². The van der Waals surface area contributed by atoms with E-state index in [2.05, 4.69) is 15.9 Å². The Morgan fingerprint density at radius 3 is 2.40 bits per heavy atom. The number of carbonyl (C=O) groups excluding carboxylic acids is 1. The third kappa shape index (κ3) is 2.97. The number of carbonyl (C=O) groups is 1. The summed E-state index contributed by atoms with van der Waals surface area (Å²) in [6.45, 7) is 3.75. The van der Waals surface area contributed by atoms with Crippen molar-refractivity contribution in [2.24, 2.45) is 0 Å². The van der Waals surface area contributed by atoms with Crippen molar-refractivity contribution < 1.29 is 4.79 Å². The van der Waals surface area contributed by atoms with Gasteiger partial charge in [0.05, 0.1) is 5.33 Å². The molecule has 0 atom stereocenters. The molecule has 0 N–H and O–H groups in total. The van der Waals surface area contributed by atoms with E-state index in [1.807, 2.05) is 32.1 Å². The Labute approximate surface area is 69.9 Å². The third-order valence-corrected chi connectivity index (χ3v) is 1.61. The van der Waals surface area contributed by atoms with Crippen LogP contribution in [0.25, 0.3) is 0 Å². The molecule has 0 fully saturated rings. The van der Waals surface area contributed by atoms with Crippen LogP contribution in [0.5, 0.6) is 0 Å². The third-order valence-electron chi connectivity index (χ3n) is 1.10. The topological polar surface area (TPSA) is 17.1 Å². The van der Waals surface area contributed by atoms with Gasteiger partial charge in [-0.3, -0.25) is 4.79 Å². The molecule has 0 aliphatic rings. The summed E-state index contributed by atoms with van der Waals surface area (Å²) in [5.41, 5.74) is 0.763. The van der Waals surface area contributed by atoms with Gasteiger partial charge in [0.25, 0.3) is 0 Å². The number of ketones is 1. The average molecular weight is 203 g/mol. The molecule has 0 unspecified atom stereocenters. The summed E-state index contributed by atoms with van der Waals surface area (Å²) in [6, 6.07) is 0. The highest BCUT2D eigenvalue weighted by atomic mass is 79.9. The molecule has 0 spiro atoms. The summed E-state index contributed by atoms with van der Waals surface area (Å²) < 4.78 is 0. The van der Waals surface area contributed by atoms with E-state index in [1.165, 1.54) is 0 Å². The number of hydrogen-bond acceptors (Lipinski definition) is 1. The van der Waals surface area contributed by atoms with Gasteiger partial charge in [0, 0.05) is 5.57 Å². The lowest BCUT2D eigenvalue weighted by Gasteiger charge is -1.93. The molecule has 10 heavy (non-hydrogen) atoms. The van der Waals surface area contributed by atoms with E-state index in [1.54, 1.807) is 0 Å². The van der Waals surface area contributed by atoms with Crippen molar-refractivity contribution in [1.29, 1.82) is 0 Å². The Morgan fingerprint density at radius 2 is 2.10 bits per heavy atom. The first-order valence-corrected chi connectivity index (χ1v) is 4.26. The summed E-state index contributed by atoms with van der Waals surface area (Å²) >= 11 is 3.10. The largest absolute Gasteiger partial charge is 0.293 e. The highest BCUT2D eigenvalue weighted by molar-refractivity contribution is 9.09. The molecule has 0 aromatic rings. The molecule has 0 rings (SSSR count). The van der Waals surface area contributed by atoms with Crippen LogP contribution in [0.3, 0.4) is 0 Å². The molecule has 0 aromatic heterocycles. The molecule has 0 amide bonds. The van der Waals surface area contributed by atoms with Gasteiger partial charge in [-0.2, -0.15) is 0 Å². The second-order valence-corrected chi connectivity index (χ2v) is 2.36. The van der Waals surface area contributed by atoms with Crippen LogP contribution in [-0.2, 0) is 4.79 Å². The fraction of sp³-hybridized carbons (Fsp3) is 0.375. The summed E-state index contributed by atoms with van der Waals surface area (Å²) in [6.07, 6.45) is 5.48.